The van der Waals surface area contributed by atoms with Gasteiger partial charge in [0.25, 0.3) is 5.56 Å². The fraction of sp³-hybridized carbons (Fsp3) is 0.269. The van der Waals surface area contributed by atoms with Crippen molar-refractivity contribution in [2.75, 3.05) is 19.0 Å². The van der Waals surface area contributed by atoms with Gasteiger partial charge in [-0.05, 0) is 49.6 Å². The number of aromatic nitrogens is 5. The Balaban J connectivity index is 1.91. The molecule has 0 saturated carbocycles. The predicted octanol–water partition coefficient (Wildman–Crippen LogP) is 4.84. The summed E-state index contributed by atoms with van der Waals surface area (Å²) < 4.78 is 51.4. The molecule has 0 atom stereocenters. The number of alkyl halides is 3. The van der Waals surface area contributed by atoms with Gasteiger partial charge in [0.05, 0.1) is 13.7 Å². The number of carbonyl (C=O) groups excluding carboxylic acids is 1. The normalized spacial score (nSPS) is 11.4. The van der Waals surface area contributed by atoms with Crippen molar-refractivity contribution >= 4 is 17.6 Å². The van der Waals surface area contributed by atoms with E-state index in [1.807, 2.05) is 19.1 Å². The van der Waals surface area contributed by atoms with Gasteiger partial charge in [-0.3, -0.25) is 4.79 Å². The zero-order valence-electron chi connectivity index (χ0n) is 21.5. The SMILES string of the molecule is CCOC(=O)c1c(CC)c(-c2cnc(Nc3cc(C)cc(OC)c3)nc2-n2ccc(C(F)(F)F)n2)c[nH]c1=O. The summed E-state index contributed by atoms with van der Waals surface area (Å²) in [6, 6.07) is 6.18. The number of nitrogens with zero attached hydrogens (tertiary/aromatic N) is 4. The van der Waals surface area contributed by atoms with Crippen LogP contribution in [0.4, 0.5) is 24.8 Å². The van der Waals surface area contributed by atoms with Crippen LogP contribution in [0.3, 0.4) is 0 Å². The van der Waals surface area contributed by atoms with E-state index in [-0.39, 0.29) is 35.9 Å². The highest BCUT2D eigenvalue weighted by atomic mass is 19.4. The van der Waals surface area contributed by atoms with Gasteiger partial charge in [-0.25, -0.2) is 14.5 Å². The maximum absolute atomic E-state index is 13.4. The van der Waals surface area contributed by atoms with Gasteiger partial charge in [0.1, 0.15) is 11.3 Å². The maximum atomic E-state index is 13.4. The number of aromatic amines is 1. The first-order chi connectivity index (χ1) is 18.5. The lowest BCUT2D eigenvalue weighted by molar-refractivity contribution is -0.141. The van der Waals surface area contributed by atoms with Crippen molar-refractivity contribution in [1.82, 2.24) is 24.7 Å². The minimum atomic E-state index is -4.68. The number of halogens is 3. The van der Waals surface area contributed by atoms with E-state index in [0.717, 1.165) is 22.5 Å². The van der Waals surface area contributed by atoms with Crippen LogP contribution in [0, 0.1) is 6.92 Å². The van der Waals surface area contributed by atoms with Gasteiger partial charge in [-0.2, -0.15) is 23.3 Å². The summed E-state index contributed by atoms with van der Waals surface area (Å²) in [6.45, 7) is 5.27. The minimum absolute atomic E-state index is 0.0147. The molecule has 2 N–H and O–H groups in total. The zero-order chi connectivity index (χ0) is 28.3. The number of aryl methyl sites for hydroxylation is 1. The van der Waals surface area contributed by atoms with Crippen LogP contribution in [0.1, 0.15) is 41.0 Å². The number of hydrogen-bond acceptors (Lipinski definition) is 8. The molecule has 4 rings (SSSR count). The van der Waals surface area contributed by atoms with E-state index in [2.05, 4.69) is 25.4 Å². The Kier molecular flexibility index (Phi) is 7.70. The molecule has 204 valence electrons. The number of methoxy groups -OCH3 is 1. The van der Waals surface area contributed by atoms with Crippen LogP contribution in [0.15, 0.2) is 47.7 Å². The second-order valence-electron chi connectivity index (χ2n) is 8.40. The first-order valence-corrected chi connectivity index (χ1v) is 11.9. The van der Waals surface area contributed by atoms with Gasteiger partial charge in [0.15, 0.2) is 11.5 Å². The monoisotopic (exact) mass is 542 g/mol. The first-order valence-electron chi connectivity index (χ1n) is 11.9. The highest BCUT2D eigenvalue weighted by molar-refractivity contribution is 5.93. The van der Waals surface area contributed by atoms with Crippen molar-refractivity contribution in [2.24, 2.45) is 0 Å². The molecule has 3 aromatic heterocycles. The zero-order valence-corrected chi connectivity index (χ0v) is 21.5. The quantitative estimate of drug-likeness (QED) is 0.303. The van der Waals surface area contributed by atoms with Crippen LogP contribution in [0.25, 0.3) is 16.9 Å². The van der Waals surface area contributed by atoms with E-state index in [9.17, 15) is 22.8 Å². The van der Waals surface area contributed by atoms with Gasteiger partial charge in [-0.1, -0.05) is 6.92 Å². The van der Waals surface area contributed by atoms with Crippen LogP contribution in [0.2, 0.25) is 0 Å². The van der Waals surface area contributed by atoms with Crippen LogP contribution >= 0.6 is 0 Å². The Labute approximate surface area is 220 Å². The van der Waals surface area contributed by atoms with Crippen LogP contribution in [-0.4, -0.2) is 44.4 Å². The number of carbonyl (C=O) groups is 1. The third-order valence-electron chi connectivity index (χ3n) is 5.73. The third kappa shape index (κ3) is 5.76. The molecular weight excluding hydrogens is 517 g/mol. The number of pyridine rings is 1. The molecule has 0 fully saturated rings. The Morgan fingerprint density at radius 1 is 1.18 bits per heavy atom. The molecule has 3 heterocycles. The fourth-order valence-electron chi connectivity index (χ4n) is 4.05. The van der Waals surface area contributed by atoms with Gasteiger partial charge >= 0.3 is 12.1 Å². The molecule has 0 amide bonds. The number of anilines is 2. The second kappa shape index (κ2) is 11.0. The third-order valence-corrected chi connectivity index (χ3v) is 5.73. The summed E-state index contributed by atoms with van der Waals surface area (Å²) in [7, 11) is 1.53. The summed E-state index contributed by atoms with van der Waals surface area (Å²) in [6.07, 6.45) is -0.574. The van der Waals surface area contributed by atoms with Crippen LogP contribution in [-0.2, 0) is 17.3 Å². The summed E-state index contributed by atoms with van der Waals surface area (Å²) in [4.78, 5) is 36.5. The molecule has 10 nitrogen and oxygen atoms in total. The molecule has 0 unspecified atom stereocenters. The number of ether oxygens (including phenoxy) is 2. The first kappa shape index (κ1) is 27.4. The van der Waals surface area contributed by atoms with Gasteiger partial charge in [0, 0.05) is 41.5 Å². The van der Waals surface area contributed by atoms with E-state index in [1.165, 1.54) is 19.5 Å². The molecule has 0 aliphatic carbocycles. The lowest BCUT2D eigenvalue weighted by atomic mass is 9.97. The number of esters is 1. The molecule has 0 aliphatic rings. The second-order valence-corrected chi connectivity index (χ2v) is 8.40. The number of H-pyrrole nitrogens is 1. The van der Waals surface area contributed by atoms with Crippen molar-refractivity contribution < 1.29 is 27.4 Å². The number of benzene rings is 1. The molecule has 0 radical (unpaired) electrons. The Morgan fingerprint density at radius 3 is 2.59 bits per heavy atom. The van der Waals surface area contributed by atoms with Gasteiger partial charge in [-0.15, -0.1) is 0 Å². The Morgan fingerprint density at radius 2 is 1.95 bits per heavy atom. The van der Waals surface area contributed by atoms with E-state index < -0.39 is 23.4 Å². The largest absolute Gasteiger partial charge is 0.497 e. The highest BCUT2D eigenvalue weighted by Crippen LogP contribution is 2.33. The van der Waals surface area contributed by atoms with E-state index >= 15 is 0 Å². The predicted molar refractivity (Wildman–Crippen MR) is 137 cm³/mol. The Hall–Kier alpha value is -4.68. The minimum Gasteiger partial charge on any atom is -0.497 e. The summed E-state index contributed by atoms with van der Waals surface area (Å²) in [5, 5.41) is 6.71. The summed E-state index contributed by atoms with van der Waals surface area (Å²) in [5.41, 5.74) is 0.410. The molecule has 0 saturated heterocycles. The molecule has 0 bridgehead atoms. The smallest absolute Gasteiger partial charge is 0.435 e. The maximum Gasteiger partial charge on any atom is 0.435 e. The summed E-state index contributed by atoms with van der Waals surface area (Å²) in [5.74, 6) is -0.175. The van der Waals surface area contributed by atoms with Crippen molar-refractivity contribution in [2.45, 2.75) is 33.4 Å². The summed E-state index contributed by atoms with van der Waals surface area (Å²) >= 11 is 0. The lowest BCUT2D eigenvalue weighted by Gasteiger charge is -2.16. The highest BCUT2D eigenvalue weighted by Gasteiger charge is 2.34. The van der Waals surface area contributed by atoms with E-state index in [0.29, 0.717) is 22.6 Å². The molecule has 0 aliphatic heterocycles. The lowest BCUT2D eigenvalue weighted by Crippen LogP contribution is -2.23. The average Bonchev–Trinajstić information content (AvgIpc) is 3.39. The molecular formula is C26H25F3N6O4. The average molecular weight is 543 g/mol. The topological polar surface area (TPSA) is 124 Å². The number of rotatable bonds is 8. The van der Waals surface area contributed by atoms with E-state index in [4.69, 9.17) is 9.47 Å². The number of nitrogens with one attached hydrogen (secondary N) is 2. The van der Waals surface area contributed by atoms with Gasteiger partial charge < -0.3 is 19.8 Å². The molecule has 4 aromatic rings. The molecule has 39 heavy (non-hydrogen) atoms. The van der Waals surface area contributed by atoms with Crippen molar-refractivity contribution in [3.05, 3.63) is 75.6 Å². The standard InChI is InChI=1S/C26H25F3N6O4/c1-5-17-18(12-30-23(36)21(17)24(37)39-6-2)19-13-31-25(32-15-9-14(3)10-16(11-15)38-4)33-22(19)35-8-7-20(34-35)26(27,28)29/h7-13H,5-6H2,1-4H3,(H,30,36)(H,31,32,33). The van der Waals surface area contributed by atoms with Crippen LogP contribution in [0.5, 0.6) is 5.75 Å². The van der Waals surface area contributed by atoms with Crippen LogP contribution < -0.4 is 15.6 Å². The van der Waals surface area contributed by atoms with Gasteiger partial charge in [0.2, 0.25) is 5.95 Å². The Bertz CT molecular complexity index is 1580. The van der Waals surface area contributed by atoms with E-state index in [1.54, 1.807) is 19.9 Å². The molecule has 13 heteroatoms. The number of hydrogen-bond donors (Lipinski definition) is 2. The molecule has 0 spiro atoms. The van der Waals surface area contributed by atoms with Crippen molar-refractivity contribution in [1.29, 1.82) is 0 Å². The van der Waals surface area contributed by atoms with Crippen molar-refractivity contribution in [3.8, 4) is 22.7 Å². The van der Waals surface area contributed by atoms with Crippen molar-refractivity contribution in [3.63, 3.8) is 0 Å². The fourth-order valence-corrected chi connectivity index (χ4v) is 4.05. The molecule has 1 aromatic carbocycles.